The molecule has 10 heteroatoms. The molecular formula is C22H23F3N6O. The molecule has 2 aliphatic heterocycles. The topological polar surface area (TPSA) is 74.6 Å². The number of amides is 1. The number of anilines is 1. The van der Waals surface area contributed by atoms with Gasteiger partial charge in [0.2, 0.25) is 0 Å². The lowest BCUT2D eigenvalue weighted by atomic mass is 10.0. The molecule has 3 atom stereocenters. The second-order valence-corrected chi connectivity index (χ2v) is 8.22. The summed E-state index contributed by atoms with van der Waals surface area (Å²) < 4.78 is 43.8. The Morgan fingerprint density at radius 2 is 2.09 bits per heavy atom. The molecule has 5 rings (SSSR count). The van der Waals surface area contributed by atoms with Crippen LogP contribution in [0.5, 0.6) is 0 Å². The van der Waals surface area contributed by atoms with Crippen LogP contribution in [-0.4, -0.2) is 52.4 Å². The summed E-state index contributed by atoms with van der Waals surface area (Å²) in [5.41, 5.74) is 0.857. The van der Waals surface area contributed by atoms with Gasteiger partial charge in [0.05, 0.1) is 18.3 Å². The summed E-state index contributed by atoms with van der Waals surface area (Å²) in [7, 11) is 0. The van der Waals surface area contributed by atoms with Crippen molar-refractivity contribution >= 4 is 17.4 Å². The Morgan fingerprint density at radius 1 is 1.22 bits per heavy atom. The Hall–Kier alpha value is -3.14. The van der Waals surface area contributed by atoms with Crippen molar-refractivity contribution in [3.8, 4) is 0 Å². The van der Waals surface area contributed by atoms with Gasteiger partial charge >= 0.3 is 0 Å². The predicted molar refractivity (Wildman–Crippen MR) is 112 cm³/mol. The summed E-state index contributed by atoms with van der Waals surface area (Å²) in [4.78, 5) is 19.4. The smallest absolute Gasteiger partial charge is 0.257 e. The van der Waals surface area contributed by atoms with Crippen LogP contribution in [0.3, 0.4) is 0 Å². The Morgan fingerprint density at radius 3 is 2.94 bits per heavy atom. The normalized spacial score (nSPS) is 23.6. The first-order chi connectivity index (χ1) is 15.5. The summed E-state index contributed by atoms with van der Waals surface area (Å²) in [6.45, 7) is 1.46. The van der Waals surface area contributed by atoms with Gasteiger partial charge in [-0.05, 0) is 50.1 Å². The van der Waals surface area contributed by atoms with Gasteiger partial charge in [-0.1, -0.05) is 0 Å². The number of nitrogens with one attached hydrogen (secondary N) is 2. The number of rotatable bonds is 4. The number of hydrogen-bond donors (Lipinski definition) is 2. The Bertz CT molecular complexity index is 1150. The third-order valence-corrected chi connectivity index (χ3v) is 6.19. The standard InChI is InChI=1S/C22H23F3N6O/c23-13-3-4-16(24)14(10-13)19-2-1-8-30(19)20-6-9-31-21(29-20)15(11-27-31)22(32)28-18-5-7-26-12-17(18)25/h3-4,6,9-11,17-19,26H,1-2,5,7-8,12H2,(H,28,32)/t17?,18-,19-/m1/s1. The van der Waals surface area contributed by atoms with Gasteiger partial charge in [0.15, 0.2) is 5.65 Å². The van der Waals surface area contributed by atoms with Crippen LogP contribution in [0.4, 0.5) is 19.0 Å². The number of alkyl halides is 1. The van der Waals surface area contributed by atoms with Crippen LogP contribution in [0, 0.1) is 11.6 Å². The zero-order chi connectivity index (χ0) is 22.2. The molecule has 168 valence electrons. The molecule has 2 N–H and O–H groups in total. The van der Waals surface area contributed by atoms with E-state index in [0.29, 0.717) is 37.4 Å². The maximum Gasteiger partial charge on any atom is 0.257 e. The molecule has 1 aromatic carbocycles. The lowest BCUT2D eigenvalue weighted by Crippen LogP contribution is -2.50. The van der Waals surface area contributed by atoms with Gasteiger partial charge < -0.3 is 15.5 Å². The fraction of sp³-hybridized carbons (Fsp3) is 0.409. The average molecular weight is 444 g/mol. The summed E-state index contributed by atoms with van der Waals surface area (Å²) in [6.07, 6.45) is 3.88. The monoisotopic (exact) mass is 444 g/mol. The van der Waals surface area contributed by atoms with Gasteiger partial charge in [-0.2, -0.15) is 5.10 Å². The van der Waals surface area contributed by atoms with E-state index in [0.717, 1.165) is 18.6 Å². The van der Waals surface area contributed by atoms with Crippen molar-refractivity contribution in [2.45, 2.75) is 37.5 Å². The molecule has 7 nitrogen and oxygen atoms in total. The van der Waals surface area contributed by atoms with Crippen LogP contribution >= 0.6 is 0 Å². The highest BCUT2D eigenvalue weighted by Gasteiger charge is 2.31. The number of carbonyl (C=O) groups excluding carboxylic acids is 1. The van der Waals surface area contributed by atoms with E-state index < -0.39 is 29.8 Å². The highest BCUT2D eigenvalue weighted by Crippen LogP contribution is 2.36. The highest BCUT2D eigenvalue weighted by atomic mass is 19.1. The lowest BCUT2D eigenvalue weighted by Gasteiger charge is -2.27. The fourth-order valence-electron chi connectivity index (χ4n) is 4.54. The molecule has 0 saturated carbocycles. The van der Waals surface area contributed by atoms with Crippen molar-refractivity contribution in [1.29, 1.82) is 0 Å². The number of aromatic nitrogens is 3. The molecule has 0 aliphatic carbocycles. The highest BCUT2D eigenvalue weighted by molar-refractivity contribution is 6.00. The van der Waals surface area contributed by atoms with Crippen molar-refractivity contribution in [2.75, 3.05) is 24.5 Å². The molecule has 2 aliphatic rings. The maximum absolute atomic E-state index is 14.4. The number of fused-ring (bicyclic) bond motifs is 1. The number of piperidine rings is 1. The van der Waals surface area contributed by atoms with E-state index >= 15 is 0 Å². The second-order valence-electron chi connectivity index (χ2n) is 8.22. The van der Waals surface area contributed by atoms with Gasteiger partial charge in [0, 0.05) is 24.8 Å². The third kappa shape index (κ3) is 3.79. The Kier molecular flexibility index (Phi) is 5.46. The molecule has 2 fully saturated rings. The molecule has 1 unspecified atom stereocenters. The minimum atomic E-state index is -1.16. The summed E-state index contributed by atoms with van der Waals surface area (Å²) >= 11 is 0. The zero-order valence-corrected chi connectivity index (χ0v) is 17.3. The van der Waals surface area contributed by atoms with Crippen LogP contribution in [0.15, 0.2) is 36.7 Å². The minimum absolute atomic E-state index is 0.203. The number of carbonyl (C=O) groups is 1. The number of benzene rings is 1. The number of hydrogen-bond acceptors (Lipinski definition) is 5. The predicted octanol–water partition coefficient (Wildman–Crippen LogP) is 2.78. The van der Waals surface area contributed by atoms with Crippen molar-refractivity contribution in [3.05, 3.63) is 59.4 Å². The summed E-state index contributed by atoms with van der Waals surface area (Å²) in [5.74, 6) is -0.844. The largest absolute Gasteiger partial charge is 0.349 e. The third-order valence-electron chi connectivity index (χ3n) is 6.19. The Balaban J connectivity index is 1.44. The zero-order valence-electron chi connectivity index (χ0n) is 17.3. The van der Waals surface area contributed by atoms with E-state index in [4.69, 9.17) is 0 Å². The Labute approximate surface area is 182 Å². The van der Waals surface area contributed by atoms with E-state index in [1.165, 1.54) is 16.8 Å². The van der Waals surface area contributed by atoms with E-state index in [9.17, 15) is 18.0 Å². The fourth-order valence-corrected chi connectivity index (χ4v) is 4.54. The molecule has 32 heavy (non-hydrogen) atoms. The number of nitrogens with zero attached hydrogens (tertiary/aromatic N) is 4. The van der Waals surface area contributed by atoms with Crippen molar-refractivity contribution < 1.29 is 18.0 Å². The first kappa shape index (κ1) is 20.7. The molecule has 0 bridgehead atoms. The molecule has 3 aromatic rings. The molecule has 0 radical (unpaired) electrons. The average Bonchev–Trinajstić information content (AvgIpc) is 3.43. The molecule has 0 spiro atoms. The van der Waals surface area contributed by atoms with Crippen molar-refractivity contribution in [2.24, 2.45) is 0 Å². The maximum atomic E-state index is 14.4. The first-order valence-corrected chi connectivity index (χ1v) is 10.7. The summed E-state index contributed by atoms with van der Waals surface area (Å²) in [6, 6.07) is 4.27. The van der Waals surface area contributed by atoms with Crippen molar-refractivity contribution in [1.82, 2.24) is 25.2 Å². The SMILES string of the molecule is O=C(N[C@@H]1CCNCC1F)c1cnn2ccc(N3CCC[C@@H]3c3cc(F)ccc3F)nc12. The summed E-state index contributed by atoms with van der Waals surface area (Å²) in [5, 5.41) is 9.89. The molecule has 2 aromatic heterocycles. The molecule has 1 amide bonds. The molecular weight excluding hydrogens is 421 g/mol. The van der Waals surface area contributed by atoms with E-state index in [-0.39, 0.29) is 23.7 Å². The van der Waals surface area contributed by atoms with E-state index in [2.05, 4.69) is 20.7 Å². The molecule has 4 heterocycles. The van der Waals surface area contributed by atoms with Crippen LogP contribution in [0.2, 0.25) is 0 Å². The van der Waals surface area contributed by atoms with E-state index in [1.54, 1.807) is 12.3 Å². The minimum Gasteiger partial charge on any atom is -0.349 e. The second kappa shape index (κ2) is 8.42. The van der Waals surface area contributed by atoms with Gasteiger partial charge in [-0.25, -0.2) is 22.7 Å². The van der Waals surface area contributed by atoms with Gasteiger partial charge in [0.25, 0.3) is 5.91 Å². The van der Waals surface area contributed by atoms with Crippen LogP contribution in [-0.2, 0) is 0 Å². The first-order valence-electron chi connectivity index (χ1n) is 10.7. The van der Waals surface area contributed by atoms with Gasteiger partial charge in [0.1, 0.15) is 29.2 Å². The van der Waals surface area contributed by atoms with Crippen LogP contribution in [0.25, 0.3) is 5.65 Å². The van der Waals surface area contributed by atoms with E-state index in [1.807, 2.05) is 4.90 Å². The number of halogens is 3. The lowest BCUT2D eigenvalue weighted by molar-refractivity contribution is 0.0893. The van der Waals surface area contributed by atoms with Crippen LogP contribution < -0.4 is 15.5 Å². The van der Waals surface area contributed by atoms with Crippen molar-refractivity contribution in [3.63, 3.8) is 0 Å². The van der Waals surface area contributed by atoms with Crippen LogP contribution in [0.1, 0.15) is 41.2 Å². The molecule has 2 saturated heterocycles. The van der Waals surface area contributed by atoms with Gasteiger partial charge in [-0.3, -0.25) is 4.79 Å². The van der Waals surface area contributed by atoms with Gasteiger partial charge in [-0.15, -0.1) is 0 Å². The quantitative estimate of drug-likeness (QED) is 0.648.